The Morgan fingerprint density at radius 3 is 1.51 bits per heavy atom. The molecule has 0 aromatic rings. The first kappa shape index (κ1) is 50.2. The molecular weight excluding hydrogens is 696 g/mol. The molecule has 1 aliphatic rings. The fourth-order valence-electron chi connectivity index (χ4n) is 5.99. The molecule has 55 heavy (non-hydrogen) atoms. The third kappa shape index (κ3) is 27.4. The van der Waals surface area contributed by atoms with Crippen LogP contribution in [0, 0.1) is 0 Å². The van der Waals surface area contributed by atoms with Crippen LogP contribution in [0.1, 0.15) is 156 Å². The Morgan fingerprint density at radius 1 is 0.545 bits per heavy atom. The van der Waals surface area contributed by atoms with Crippen LogP contribution in [0.5, 0.6) is 0 Å². The number of ether oxygens (including phenoxy) is 4. The zero-order chi connectivity index (χ0) is 40.2. The number of unbranched alkanes of at least 4 members (excludes halogenated alkanes) is 10. The second-order valence-corrected chi connectivity index (χ2v) is 14.3. The topological polar surface area (TPSA) is 132 Å². The molecule has 9 nitrogen and oxygen atoms in total. The Morgan fingerprint density at radius 2 is 1.00 bits per heavy atom. The first-order valence-corrected chi connectivity index (χ1v) is 21.4. The summed E-state index contributed by atoms with van der Waals surface area (Å²) in [6, 6.07) is 0. The lowest BCUT2D eigenvalue weighted by Gasteiger charge is -2.40. The van der Waals surface area contributed by atoms with Gasteiger partial charge in [-0.1, -0.05) is 132 Å². The number of carbonyl (C=O) groups excluding carboxylic acids is 2. The highest BCUT2D eigenvalue weighted by Gasteiger charge is 2.43. The van der Waals surface area contributed by atoms with Crippen LogP contribution in [-0.2, 0) is 28.5 Å². The van der Waals surface area contributed by atoms with E-state index in [4.69, 9.17) is 18.9 Å². The fourth-order valence-corrected chi connectivity index (χ4v) is 5.99. The minimum atomic E-state index is -1.49. The van der Waals surface area contributed by atoms with E-state index in [-0.39, 0.29) is 32.0 Å². The minimum Gasteiger partial charge on any atom is -0.462 e. The van der Waals surface area contributed by atoms with Crippen LogP contribution in [0.2, 0.25) is 0 Å². The molecule has 0 aromatic carbocycles. The number of rotatable bonds is 33. The summed E-state index contributed by atoms with van der Waals surface area (Å²) in [6.45, 7) is 5.67. The van der Waals surface area contributed by atoms with Crippen LogP contribution in [0.4, 0.5) is 0 Å². The average molecular weight is 773 g/mol. The summed E-state index contributed by atoms with van der Waals surface area (Å²) in [7, 11) is 0. The second-order valence-electron chi connectivity index (χ2n) is 14.3. The number of esters is 2. The molecule has 0 radical (unpaired) electrons. The van der Waals surface area contributed by atoms with Crippen molar-refractivity contribution in [2.45, 2.75) is 192 Å². The van der Waals surface area contributed by atoms with Crippen molar-refractivity contribution in [2.24, 2.45) is 0 Å². The Labute approximate surface area is 333 Å². The molecule has 1 heterocycles. The normalized spacial score (nSPS) is 21.3. The zero-order valence-corrected chi connectivity index (χ0v) is 34.4. The zero-order valence-electron chi connectivity index (χ0n) is 34.4. The van der Waals surface area contributed by atoms with Gasteiger partial charge >= 0.3 is 11.9 Å². The number of hydrogen-bond acceptors (Lipinski definition) is 9. The molecule has 0 bridgehead atoms. The molecule has 0 spiro atoms. The first-order chi connectivity index (χ1) is 26.8. The summed E-state index contributed by atoms with van der Waals surface area (Å²) >= 11 is 0. The Hall–Kier alpha value is -2.82. The number of hydrogen-bond donors (Lipinski definition) is 3. The highest BCUT2D eigenvalue weighted by atomic mass is 16.7. The maximum Gasteiger partial charge on any atom is 0.306 e. The van der Waals surface area contributed by atoms with Crippen LogP contribution in [-0.4, -0.2) is 77.3 Å². The number of aliphatic hydroxyl groups is 3. The standard InChI is InChI=1S/C46H76O9/c1-4-7-9-11-13-15-17-19-21-23-25-27-29-31-33-35-41(47)52-37-39(38-53-46-45(51)44(50)43(49)40(6-3)55-46)54-42(48)36-34-32-30-28-26-24-22-20-18-16-14-12-10-8-5-2/h7-10,13-16,19-22,39-40,43-46,49-51H,4-6,11-12,17-18,23-38H2,1-3H3/b9-7-,10-8-,15-13-,16-14-,21-19-,22-20-/t39-,40-,43-,44+,45-,46-/m1/s1. The van der Waals surface area contributed by atoms with Gasteiger partial charge in [0.25, 0.3) is 0 Å². The minimum absolute atomic E-state index is 0.189. The highest BCUT2D eigenvalue weighted by molar-refractivity contribution is 5.70. The second kappa shape index (κ2) is 35.6. The monoisotopic (exact) mass is 773 g/mol. The van der Waals surface area contributed by atoms with E-state index in [1.165, 1.54) is 0 Å². The third-order valence-corrected chi connectivity index (χ3v) is 9.31. The molecule has 0 amide bonds. The maximum absolute atomic E-state index is 12.8. The highest BCUT2D eigenvalue weighted by Crippen LogP contribution is 2.24. The predicted molar refractivity (Wildman–Crippen MR) is 222 cm³/mol. The fraction of sp³-hybridized carbons (Fsp3) is 0.696. The lowest BCUT2D eigenvalue weighted by Crippen LogP contribution is -2.58. The van der Waals surface area contributed by atoms with E-state index in [0.29, 0.717) is 12.8 Å². The van der Waals surface area contributed by atoms with Crippen molar-refractivity contribution in [3.05, 3.63) is 72.9 Å². The van der Waals surface area contributed by atoms with E-state index < -0.39 is 42.8 Å². The van der Waals surface area contributed by atoms with E-state index in [0.717, 1.165) is 109 Å². The Bertz CT molecular complexity index is 1120. The van der Waals surface area contributed by atoms with Gasteiger partial charge in [-0.05, 0) is 83.5 Å². The van der Waals surface area contributed by atoms with E-state index in [9.17, 15) is 24.9 Å². The van der Waals surface area contributed by atoms with Gasteiger partial charge in [0, 0.05) is 12.8 Å². The summed E-state index contributed by atoms with van der Waals surface area (Å²) in [4.78, 5) is 25.3. The van der Waals surface area contributed by atoms with Crippen LogP contribution in [0.25, 0.3) is 0 Å². The Balaban J connectivity index is 2.39. The molecular formula is C46H76O9. The molecule has 0 aromatic heterocycles. The van der Waals surface area contributed by atoms with E-state index in [2.05, 4.69) is 86.8 Å². The summed E-state index contributed by atoms with van der Waals surface area (Å²) in [6.07, 6.45) is 38.2. The van der Waals surface area contributed by atoms with E-state index in [1.54, 1.807) is 6.92 Å². The summed E-state index contributed by atoms with van der Waals surface area (Å²) in [5.41, 5.74) is 0. The number of aliphatic hydroxyl groups excluding tert-OH is 3. The van der Waals surface area contributed by atoms with Gasteiger partial charge in [-0.25, -0.2) is 0 Å². The van der Waals surface area contributed by atoms with Crippen molar-refractivity contribution in [2.75, 3.05) is 13.2 Å². The largest absolute Gasteiger partial charge is 0.462 e. The van der Waals surface area contributed by atoms with Crippen molar-refractivity contribution in [1.82, 2.24) is 0 Å². The van der Waals surface area contributed by atoms with Crippen molar-refractivity contribution < 1.29 is 43.9 Å². The molecule has 3 N–H and O–H groups in total. The van der Waals surface area contributed by atoms with Crippen molar-refractivity contribution in [1.29, 1.82) is 0 Å². The van der Waals surface area contributed by atoms with E-state index >= 15 is 0 Å². The molecule has 1 aliphatic heterocycles. The molecule has 9 heteroatoms. The van der Waals surface area contributed by atoms with Gasteiger partial charge in [0.15, 0.2) is 12.4 Å². The number of carbonyl (C=O) groups is 2. The van der Waals surface area contributed by atoms with Crippen LogP contribution >= 0.6 is 0 Å². The smallest absolute Gasteiger partial charge is 0.306 e. The molecule has 0 aliphatic carbocycles. The van der Waals surface area contributed by atoms with Crippen molar-refractivity contribution in [3.8, 4) is 0 Å². The van der Waals surface area contributed by atoms with Crippen LogP contribution in [0.3, 0.4) is 0 Å². The third-order valence-electron chi connectivity index (χ3n) is 9.31. The molecule has 1 fully saturated rings. The van der Waals surface area contributed by atoms with Gasteiger partial charge in [0.05, 0.1) is 12.7 Å². The predicted octanol–water partition coefficient (Wildman–Crippen LogP) is 9.85. The van der Waals surface area contributed by atoms with Crippen LogP contribution < -0.4 is 0 Å². The lowest BCUT2D eigenvalue weighted by molar-refractivity contribution is -0.301. The molecule has 6 atom stereocenters. The van der Waals surface area contributed by atoms with Crippen molar-refractivity contribution in [3.63, 3.8) is 0 Å². The molecule has 314 valence electrons. The molecule has 1 rings (SSSR count). The van der Waals surface area contributed by atoms with Gasteiger partial charge in [-0.15, -0.1) is 0 Å². The van der Waals surface area contributed by atoms with Gasteiger partial charge in [-0.2, -0.15) is 0 Å². The van der Waals surface area contributed by atoms with E-state index in [1.807, 2.05) is 0 Å². The molecule has 0 unspecified atom stereocenters. The first-order valence-electron chi connectivity index (χ1n) is 21.4. The Kier molecular flexibility index (Phi) is 32.5. The van der Waals surface area contributed by atoms with Gasteiger partial charge in [-0.3, -0.25) is 9.59 Å². The molecule has 1 saturated heterocycles. The molecule has 0 saturated carbocycles. The van der Waals surface area contributed by atoms with Crippen LogP contribution in [0.15, 0.2) is 72.9 Å². The SMILES string of the molecule is CC/C=C\C/C=C\C/C=C\CCCCCCCC(=O)OC[C@H](CO[C@@H]1O[C@H](CC)[C@@H](O)[C@H](O)[C@H]1O)OC(=O)CCCCCCC/C=C\C/C=C\C/C=C\CC. The summed E-state index contributed by atoms with van der Waals surface area (Å²) in [5.74, 6) is -0.782. The van der Waals surface area contributed by atoms with Gasteiger partial charge < -0.3 is 34.3 Å². The quantitative estimate of drug-likeness (QED) is 0.0339. The lowest BCUT2D eigenvalue weighted by atomic mass is 9.97. The van der Waals surface area contributed by atoms with Crippen molar-refractivity contribution >= 4 is 11.9 Å². The number of allylic oxidation sites excluding steroid dienone is 12. The maximum atomic E-state index is 12.8. The summed E-state index contributed by atoms with van der Waals surface area (Å²) in [5, 5.41) is 30.9. The summed E-state index contributed by atoms with van der Waals surface area (Å²) < 4.78 is 22.5. The van der Waals surface area contributed by atoms with Gasteiger partial charge in [0.2, 0.25) is 0 Å². The average Bonchev–Trinajstić information content (AvgIpc) is 3.18. The van der Waals surface area contributed by atoms with Gasteiger partial charge in [0.1, 0.15) is 24.9 Å².